The normalized spacial score (nSPS) is 21.7. The Morgan fingerprint density at radius 3 is 2.46 bits per heavy atom. The second kappa shape index (κ2) is 6.05. The minimum atomic E-state index is -0.379. The number of methoxy groups -OCH3 is 1. The van der Waals surface area contributed by atoms with Gasteiger partial charge in [-0.15, -0.1) is 0 Å². The second-order valence-corrected chi connectivity index (χ2v) is 7.50. The van der Waals surface area contributed by atoms with E-state index >= 15 is 0 Å². The van der Waals surface area contributed by atoms with Gasteiger partial charge in [0.05, 0.1) is 23.9 Å². The largest absolute Gasteiger partial charge is 0.495 e. The predicted octanol–water partition coefficient (Wildman–Crippen LogP) is 3.82. The fraction of sp³-hybridized carbons (Fsp3) is 0.526. The number of hydrogen-bond acceptors (Lipinski definition) is 4. The third kappa shape index (κ3) is 2.91. The van der Waals surface area contributed by atoms with Gasteiger partial charge < -0.3 is 14.0 Å². The van der Waals surface area contributed by atoms with Crippen LogP contribution in [0.4, 0.5) is 0 Å². The highest BCUT2D eigenvalue weighted by Gasteiger charge is 2.52. The molecule has 0 saturated carbocycles. The van der Waals surface area contributed by atoms with Gasteiger partial charge in [0, 0.05) is 0 Å². The van der Waals surface area contributed by atoms with Crippen LogP contribution in [0.15, 0.2) is 24.3 Å². The summed E-state index contributed by atoms with van der Waals surface area (Å²) in [6.45, 7) is 8.24. The summed E-state index contributed by atoms with van der Waals surface area (Å²) in [5.41, 5.74) is 3.19. The fourth-order valence-corrected chi connectivity index (χ4v) is 3.18. The van der Waals surface area contributed by atoms with E-state index in [-0.39, 0.29) is 24.3 Å². The van der Waals surface area contributed by atoms with Gasteiger partial charge >= 0.3 is 13.1 Å². The summed E-state index contributed by atoms with van der Waals surface area (Å²) in [7, 11) is 1.03. The molecule has 0 aromatic heterocycles. The van der Waals surface area contributed by atoms with Crippen molar-refractivity contribution in [3.8, 4) is 0 Å². The van der Waals surface area contributed by atoms with Crippen molar-refractivity contribution in [3.63, 3.8) is 0 Å². The SMILES string of the molecule is COC(=O)c1ccc2c(c1)CCCC=C2B1OC(C)(C)C(C)(C)O1. The first-order valence-corrected chi connectivity index (χ1v) is 8.52. The van der Waals surface area contributed by atoms with Crippen molar-refractivity contribution < 1.29 is 18.8 Å². The van der Waals surface area contributed by atoms with Crippen LogP contribution in [0.25, 0.3) is 5.47 Å². The van der Waals surface area contributed by atoms with Crippen LogP contribution in [0.2, 0.25) is 0 Å². The molecule has 0 radical (unpaired) electrons. The highest BCUT2D eigenvalue weighted by Crippen LogP contribution is 2.42. The van der Waals surface area contributed by atoms with Crippen molar-refractivity contribution in [1.82, 2.24) is 0 Å². The Balaban J connectivity index is 1.97. The van der Waals surface area contributed by atoms with Crippen LogP contribution in [-0.4, -0.2) is 31.4 Å². The van der Waals surface area contributed by atoms with E-state index in [2.05, 4.69) is 33.8 Å². The summed E-state index contributed by atoms with van der Waals surface area (Å²) in [5.74, 6) is -0.303. The molecule has 1 heterocycles. The first-order valence-electron chi connectivity index (χ1n) is 8.52. The van der Waals surface area contributed by atoms with Crippen LogP contribution in [0.3, 0.4) is 0 Å². The molecule has 5 heteroatoms. The van der Waals surface area contributed by atoms with E-state index in [1.807, 2.05) is 18.2 Å². The van der Waals surface area contributed by atoms with Gasteiger partial charge in [-0.1, -0.05) is 12.1 Å². The third-order valence-corrected chi connectivity index (χ3v) is 5.36. The number of carbonyl (C=O) groups excluding carboxylic acids is 1. The Kier molecular flexibility index (Phi) is 4.35. The van der Waals surface area contributed by atoms with Gasteiger partial charge in [-0.2, -0.15) is 0 Å². The molecule has 2 aliphatic rings. The van der Waals surface area contributed by atoms with E-state index in [1.165, 1.54) is 7.11 Å². The van der Waals surface area contributed by atoms with Crippen LogP contribution in [0.1, 0.15) is 62.0 Å². The number of esters is 1. The molecule has 0 spiro atoms. The van der Waals surface area contributed by atoms with E-state index in [1.54, 1.807) is 0 Å². The molecule has 24 heavy (non-hydrogen) atoms. The maximum Gasteiger partial charge on any atom is 0.495 e. The molecule has 1 saturated heterocycles. The van der Waals surface area contributed by atoms with Gasteiger partial charge in [-0.25, -0.2) is 4.79 Å². The minimum absolute atomic E-state index is 0.303. The summed E-state index contributed by atoms with van der Waals surface area (Å²) in [6.07, 6.45) is 5.16. The molecule has 1 aliphatic heterocycles. The van der Waals surface area contributed by atoms with Crippen molar-refractivity contribution in [2.24, 2.45) is 0 Å². The number of fused-ring (bicyclic) bond motifs is 1. The fourth-order valence-electron chi connectivity index (χ4n) is 3.18. The molecule has 1 aromatic carbocycles. The van der Waals surface area contributed by atoms with Crippen LogP contribution in [0, 0.1) is 0 Å². The van der Waals surface area contributed by atoms with Gasteiger partial charge in [0.15, 0.2) is 0 Å². The van der Waals surface area contributed by atoms with Gasteiger partial charge in [0.25, 0.3) is 0 Å². The summed E-state index contributed by atoms with van der Waals surface area (Å²) < 4.78 is 17.3. The van der Waals surface area contributed by atoms with Crippen LogP contribution in [0.5, 0.6) is 0 Å². The Morgan fingerprint density at radius 1 is 1.17 bits per heavy atom. The lowest BCUT2D eigenvalue weighted by Crippen LogP contribution is -2.41. The average Bonchev–Trinajstić information content (AvgIpc) is 2.68. The number of ether oxygens (including phenoxy) is 1. The molecule has 0 N–H and O–H groups in total. The smallest absolute Gasteiger partial charge is 0.465 e. The highest BCUT2D eigenvalue weighted by molar-refractivity contribution is 6.69. The van der Waals surface area contributed by atoms with Gasteiger partial charge in [-0.05, 0) is 75.7 Å². The third-order valence-electron chi connectivity index (χ3n) is 5.36. The topological polar surface area (TPSA) is 44.8 Å². The van der Waals surface area contributed by atoms with Crippen molar-refractivity contribution in [1.29, 1.82) is 0 Å². The Labute approximate surface area is 144 Å². The molecule has 128 valence electrons. The number of carbonyl (C=O) groups is 1. The Hall–Kier alpha value is -1.59. The molecule has 4 nitrogen and oxygen atoms in total. The maximum absolute atomic E-state index is 11.8. The Bertz CT molecular complexity index is 675. The van der Waals surface area contributed by atoms with Crippen molar-refractivity contribution in [3.05, 3.63) is 41.0 Å². The van der Waals surface area contributed by atoms with Gasteiger partial charge in [0.1, 0.15) is 0 Å². The molecule has 0 atom stereocenters. The molecule has 3 rings (SSSR count). The van der Waals surface area contributed by atoms with E-state index < -0.39 is 0 Å². The minimum Gasteiger partial charge on any atom is -0.465 e. The molecular weight excluding hydrogens is 303 g/mol. The molecule has 0 bridgehead atoms. The number of rotatable bonds is 2. The predicted molar refractivity (Wildman–Crippen MR) is 94.8 cm³/mol. The van der Waals surface area contributed by atoms with Crippen LogP contribution >= 0.6 is 0 Å². The zero-order valence-electron chi connectivity index (χ0n) is 15.1. The van der Waals surface area contributed by atoms with E-state index in [4.69, 9.17) is 14.0 Å². The Morgan fingerprint density at radius 2 is 1.83 bits per heavy atom. The lowest BCUT2D eigenvalue weighted by atomic mass is 9.72. The lowest BCUT2D eigenvalue weighted by molar-refractivity contribution is 0.00578. The van der Waals surface area contributed by atoms with E-state index in [0.717, 1.165) is 35.9 Å². The zero-order chi connectivity index (χ0) is 17.5. The number of benzene rings is 1. The zero-order valence-corrected chi connectivity index (χ0v) is 15.1. The number of aryl methyl sites for hydroxylation is 1. The summed E-state index contributed by atoms with van der Waals surface area (Å²) in [4.78, 5) is 11.8. The van der Waals surface area contributed by atoms with Crippen molar-refractivity contribution >= 4 is 18.6 Å². The summed E-state index contributed by atoms with van der Waals surface area (Å²) >= 11 is 0. The second-order valence-electron chi connectivity index (χ2n) is 7.50. The monoisotopic (exact) mass is 328 g/mol. The highest BCUT2D eigenvalue weighted by atomic mass is 16.7. The van der Waals surface area contributed by atoms with Gasteiger partial charge in [0.2, 0.25) is 0 Å². The van der Waals surface area contributed by atoms with E-state index in [0.29, 0.717) is 5.56 Å². The van der Waals surface area contributed by atoms with Crippen molar-refractivity contribution in [2.75, 3.05) is 7.11 Å². The molecule has 0 amide bonds. The molecular formula is C19H25BO4. The standard InChI is InChI=1S/C19H25BO4/c1-18(2)19(3,4)24-20(23-18)16-9-7-6-8-13-12-14(17(21)22-5)10-11-15(13)16/h9-12H,6-8H2,1-5H3. The quantitative estimate of drug-likeness (QED) is 0.611. The first-order chi connectivity index (χ1) is 11.2. The number of allylic oxidation sites excluding steroid dienone is 1. The summed E-state index contributed by atoms with van der Waals surface area (Å²) in [5, 5.41) is 0. The molecule has 1 aliphatic carbocycles. The van der Waals surface area contributed by atoms with Crippen LogP contribution in [-0.2, 0) is 20.5 Å². The average molecular weight is 328 g/mol. The number of hydrogen-bond donors (Lipinski definition) is 0. The summed E-state index contributed by atoms with van der Waals surface area (Å²) in [6, 6.07) is 5.74. The van der Waals surface area contributed by atoms with E-state index in [9.17, 15) is 4.79 Å². The lowest BCUT2D eigenvalue weighted by Gasteiger charge is -2.32. The molecule has 1 aromatic rings. The molecule has 0 unspecified atom stereocenters. The molecule has 1 fully saturated rings. The van der Waals surface area contributed by atoms with Crippen LogP contribution < -0.4 is 0 Å². The maximum atomic E-state index is 11.8. The van der Waals surface area contributed by atoms with Crippen molar-refractivity contribution in [2.45, 2.75) is 58.2 Å². The van der Waals surface area contributed by atoms with Gasteiger partial charge in [-0.3, -0.25) is 0 Å². The first kappa shape index (κ1) is 17.2.